The van der Waals surface area contributed by atoms with Crippen molar-refractivity contribution >= 4 is 16.6 Å². The number of pyridine rings is 2. The molecule has 0 radical (unpaired) electrons. The molecule has 0 saturated heterocycles. The number of benzene rings is 1. The maximum Gasteiger partial charge on any atom is 0.161 e. The molecule has 0 spiro atoms. The molecule has 1 unspecified atom stereocenters. The van der Waals surface area contributed by atoms with Gasteiger partial charge in [0.25, 0.3) is 0 Å². The van der Waals surface area contributed by atoms with E-state index in [0.29, 0.717) is 22.6 Å². The zero-order chi connectivity index (χ0) is 21.7. The molecule has 6 nitrogen and oxygen atoms in total. The highest BCUT2D eigenvalue weighted by atomic mass is 19.1. The third-order valence-corrected chi connectivity index (χ3v) is 5.73. The minimum Gasteiger partial charge on any atom is -0.340 e. The lowest BCUT2D eigenvalue weighted by molar-refractivity contribution is 0.622. The topological polar surface area (TPSA) is 83.1 Å². The summed E-state index contributed by atoms with van der Waals surface area (Å²) < 4.78 is 14.6. The Hall–Kier alpha value is -4.13. The summed E-state index contributed by atoms with van der Waals surface area (Å²) in [5.41, 5.74) is 6.81. The van der Waals surface area contributed by atoms with Gasteiger partial charge in [0.15, 0.2) is 11.5 Å². The molecule has 0 aliphatic heterocycles. The molecule has 32 heavy (non-hydrogen) atoms. The number of hydrogen-bond acceptors (Lipinski definition) is 4. The summed E-state index contributed by atoms with van der Waals surface area (Å²) >= 11 is 0. The molecule has 4 aromatic heterocycles. The molecule has 0 bridgehead atoms. The van der Waals surface area contributed by atoms with Gasteiger partial charge in [0.2, 0.25) is 0 Å². The number of halogens is 1. The fraction of sp³-hybridized carbons (Fsp3) is 0.120. The van der Waals surface area contributed by atoms with E-state index < -0.39 is 0 Å². The monoisotopic (exact) mass is 422 g/mol. The van der Waals surface area contributed by atoms with E-state index in [9.17, 15) is 4.39 Å². The standard InChI is InChI=1S/C25H19FN6/c1-14-12-16(15-6-2-3-7-17(15)26)22-21(13-14)29-25(30-22)24-23-20(31-32-24)10-9-19(28-23)18-8-4-5-11-27-18/h2-12,14H,13H2,1H3,(H,29,30)(H,31,32). The van der Waals surface area contributed by atoms with Gasteiger partial charge in [-0.1, -0.05) is 37.3 Å². The summed E-state index contributed by atoms with van der Waals surface area (Å²) in [5, 5.41) is 7.52. The number of rotatable bonds is 3. The fourth-order valence-electron chi connectivity index (χ4n) is 4.25. The third-order valence-electron chi connectivity index (χ3n) is 5.73. The van der Waals surface area contributed by atoms with Crippen molar-refractivity contribution in [2.45, 2.75) is 13.3 Å². The van der Waals surface area contributed by atoms with Crippen molar-refractivity contribution in [3.05, 3.63) is 89.6 Å². The molecule has 1 aliphatic carbocycles. The van der Waals surface area contributed by atoms with Crippen LogP contribution in [-0.4, -0.2) is 30.1 Å². The molecule has 4 heterocycles. The first kappa shape index (κ1) is 18.6. The molecule has 6 rings (SSSR count). The van der Waals surface area contributed by atoms with Gasteiger partial charge in [0.05, 0.1) is 22.6 Å². The van der Waals surface area contributed by atoms with Gasteiger partial charge in [-0.2, -0.15) is 5.10 Å². The second kappa shape index (κ2) is 7.23. The molecular formula is C25H19FN6. The Morgan fingerprint density at radius 3 is 2.66 bits per heavy atom. The van der Waals surface area contributed by atoms with Crippen LogP contribution in [0.15, 0.2) is 66.9 Å². The Bertz CT molecular complexity index is 1480. The van der Waals surface area contributed by atoms with Crippen LogP contribution in [-0.2, 0) is 6.42 Å². The summed E-state index contributed by atoms with van der Waals surface area (Å²) in [5.74, 6) is 0.619. The zero-order valence-corrected chi connectivity index (χ0v) is 17.3. The average molecular weight is 422 g/mol. The summed E-state index contributed by atoms with van der Waals surface area (Å²) in [6, 6.07) is 16.4. The van der Waals surface area contributed by atoms with Gasteiger partial charge in [-0.05, 0) is 42.7 Å². The third kappa shape index (κ3) is 3.01. The lowest BCUT2D eigenvalue weighted by Crippen LogP contribution is -2.08. The van der Waals surface area contributed by atoms with E-state index in [1.165, 1.54) is 6.07 Å². The van der Waals surface area contributed by atoms with Gasteiger partial charge >= 0.3 is 0 Å². The van der Waals surface area contributed by atoms with Crippen LogP contribution in [0.1, 0.15) is 23.9 Å². The summed E-state index contributed by atoms with van der Waals surface area (Å²) in [6.07, 6.45) is 4.64. The molecule has 2 N–H and O–H groups in total. The number of fused-ring (bicyclic) bond motifs is 2. The van der Waals surface area contributed by atoms with Crippen LogP contribution in [0.3, 0.4) is 0 Å². The second-order valence-corrected chi connectivity index (χ2v) is 8.03. The lowest BCUT2D eigenvalue weighted by Gasteiger charge is -2.18. The molecule has 1 aliphatic rings. The largest absolute Gasteiger partial charge is 0.340 e. The Morgan fingerprint density at radius 1 is 0.938 bits per heavy atom. The van der Waals surface area contributed by atoms with E-state index in [2.05, 4.69) is 33.2 Å². The Morgan fingerprint density at radius 2 is 1.81 bits per heavy atom. The zero-order valence-electron chi connectivity index (χ0n) is 17.3. The number of hydrogen-bond donors (Lipinski definition) is 2. The smallest absolute Gasteiger partial charge is 0.161 e. The molecule has 156 valence electrons. The van der Waals surface area contributed by atoms with Crippen LogP contribution >= 0.6 is 0 Å². The highest BCUT2D eigenvalue weighted by Crippen LogP contribution is 2.36. The Kier molecular flexibility index (Phi) is 4.21. The Labute approximate surface area is 183 Å². The number of imidazole rings is 1. The van der Waals surface area contributed by atoms with Gasteiger partial charge in [0.1, 0.15) is 11.3 Å². The first-order valence-electron chi connectivity index (χ1n) is 10.5. The van der Waals surface area contributed by atoms with E-state index in [1.807, 2.05) is 36.4 Å². The van der Waals surface area contributed by atoms with Crippen LogP contribution in [0, 0.1) is 11.7 Å². The summed E-state index contributed by atoms with van der Waals surface area (Å²) in [4.78, 5) is 17.5. The van der Waals surface area contributed by atoms with Crippen molar-refractivity contribution in [1.82, 2.24) is 30.1 Å². The van der Waals surface area contributed by atoms with Crippen LogP contribution in [0.4, 0.5) is 4.39 Å². The lowest BCUT2D eigenvalue weighted by atomic mass is 9.88. The normalized spacial score (nSPS) is 15.6. The highest BCUT2D eigenvalue weighted by molar-refractivity contribution is 5.90. The van der Waals surface area contributed by atoms with E-state index in [-0.39, 0.29) is 11.7 Å². The van der Waals surface area contributed by atoms with Crippen LogP contribution in [0.5, 0.6) is 0 Å². The van der Waals surface area contributed by atoms with Crippen LogP contribution < -0.4 is 0 Å². The number of nitrogens with zero attached hydrogens (tertiary/aromatic N) is 4. The van der Waals surface area contributed by atoms with Crippen molar-refractivity contribution in [3.8, 4) is 22.9 Å². The molecule has 0 fully saturated rings. The van der Waals surface area contributed by atoms with Crippen LogP contribution in [0.25, 0.3) is 39.5 Å². The molecule has 5 aromatic rings. The van der Waals surface area contributed by atoms with Gasteiger partial charge < -0.3 is 4.98 Å². The van der Waals surface area contributed by atoms with Gasteiger partial charge in [0, 0.05) is 23.0 Å². The van der Waals surface area contributed by atoms with Gasteiger partial charge in [-0.15, -0.1) is 0 Å². The minimum absolute atomic E-state index is 0.254. The van der Waals surface area contributed by atoms with E-state index in [0.717, 1.165) is 40.3 Å². The van der Waals surface area contributed by atoms with Crippen molar-refractivity contribution in [2.24, 2.45) is 5.92 Å². The maximum atomic E-state index is 14.6. The van der Waals surface area contributed by atoms with Crippen molar-refractivity contribution in [3.63, 3.8) is 0 Å². The predicted octanol–water partition coefficient (Wildman–Crippen LogP) is 5.17. The first-order valence-corrected chi connectivity index (χ1v) is 10.5. The molecule has 1 aromatic carbocycles. The first-order chi connectivity index (χ1) is 15.7. The maximum absolute atomic E-state index is 14.6. The van der Waals surface area contributed by atoms with E-state index in [1.54, 1.807) is 18.3 Å². The number of aromatic nitrogens is 6. The summed E-state index contributed by atoms with van der Waals surface area (Å²) in [7, 11) is 0. The SMILES string of the molecule is CC1C=C(c2ccccc2F)c2nc(-c3n[nH]c4ccc(-c5ccccn5)nc34)[nH]c2C1. The Balaban J connectivity index is 1.48. The molecular weight excluding hydrogens is 403 g/mol. The van der Waals surface area contributed by atoms with Crippen molar-refractivity contribution < 1.29 is 4.39 Å². The van der Waals surface area contributed by atoms with Gasteiger partial charge in [-0.25, -0.2) is 14.4 Å². The highest BCUT2D eigenvalue weighted by Gasteiger charge is 2.26. The summed E-state index contributed by atoms with van der Waals surface area (Å²) in [6.45, 7) is 2.12. The predicted molar refractivity (Wildman–Crippen MR) is 121 cm³/mol. The van der Waals surface area contributed by atoms with Gasteiger partial charge in [-0.3, -0.25) is 10.1 Å². The fourth-order valence-corrected chi connectivity index (χ4v) is 4.25. The molecule has 0 saturated carbocycles. The van der Waals surface area contributed by atoms with E-state index >= 15 is 0 Å². The van der Waals surface area contributed by atoms with Crippen LogP contribution in [0.2, 0.25) is 0 Å². The molecule has 1 atom stereocenters. The van der Waals surface area contributed by atoms with Crippen molar-refractivity contribution in [2.75, 3.05) is 0 Å². The molecule has 7 heteroatoms. The minimum atomic E-state index is -0.254. The molecule has 0 amide bonds. The van der Waals surface area contributed by atoms with Crippen molar-refractivity contribution in [1.29, 1.82) is 0 Å². The van der Waals surface area contributed by atoms with E-state index in [4.69, 9.17) is 9.97 Å². The number of allylic oxidation sites excluding steroid dienone is 1. The number of H-pyrrole nitrogens is 2. The average Bonchev–Trinajstić information content (AvgIpc) is 3.43. The quantitative estimate of drug-likeness (QED) is 0.420. The number of nitrogens with one attached hydrogen (secondary N) is 2. The number of aromatic amines is 2. The second-order valence-electron chi connectivity index (χ2n) is 8.03.